The summed E-state index contributed by atoms with van der Waals surface area (Å²) in [5.74, 6) is 0.258. The number of nitrogens with one attached hydrogen (secondary N) is 1. The first-order valence-corrected chi connectivity index (χ1v) is 7.79. The number of aryl methyl sites for hydroxylation is 1. The van der Waals surface area contributed by atoms with Crippen molar-refractivity contribution >= 4 is 23.2 Å². The van der Waals surface area contributed by atoms with Crippen LogP contribution >= 0.6 is 0 Å². The molecule has 0 saturated carbocycles. The second-order valence-electron chi connectivity index (χ2n) is 5.43. The van der Waals surface area contributed by atoms with Crippen LogP contribution in [0, 0.1) is 6.92 Å². The number of Topliss-reactive ketones (excluding diaryl/α,β-unsaturated/α-hetero) is 2. The quantitative estimate of drug-likeness (QED) is 0.801. The molecule has 0 radical (unpaired) electrons. The van der Waals surface area contributed by atoms with Gasteiger partial charge in [-0.2, -0.15) is 0 Å². The van der Waals surface area contributed by atoms with E-state index in [0.717, 1.165) is 17.0 Å². The Balaban J connectivity index is 2.22. The number of allylic oxidation sites excluding steroid dienone is 3. The zero-order valence-corrected chi connectivity index (χ0v) is 13.8. The summed E-state index contributed by atoms with van der Waals surface area (Å²) < 4.78 is 0. The molecule has 122 valence electrons. The number of carbonyl (C=O) groups excluding carboxylic acids is 2. The molecule has 1 aromatic heterocycles. The summed E-state index contributed by atoms with van der Waals surface area (Å²) in [6.45, 7) is 5.94. The van der Waals surface area contributed by atoms with Crippen LogP contribution in [0.3, 0.4) is 0 Å². The van der Waals surface area contributed by atoms with Gasteiger partial charge in [0.05, 0.1) is 17.6 Å². The second kappa shape index (κ2) is 7.17. The molecule has 3 N–H and O–H groups in total. The number of nitrogens with zero attached hydrogens (tertiary/aromatic N) is 2. The lowest BCUT2D eigenvalue weighted by Gasteiger charge is -2.12. The molecular formula is C17H22N4O2. The Kier molecular flexibility index (Phi) is 5.26. The summed E-state index contributed by atoms with van der Waals surface area (Å²) in [7, 11) is 0. The number of hydrogen-bond acceptors (Lipinski definition) is 6. The van der Waals surface area contributed by atoms with Gasteiger partial charge in [0, 0.05) is 30.5 Å². The Morgan fingerprint density at radius 2 is 1.96 bits per heavy atom. The molecule has 0 aromatic carbocycles. The Morgan fingerprint density at radius 3 is 2.57 bits per heavy atom. The maximum Gasteiger partial charge on any atom is 0.220 e. The van der Waals surface area contributed by atoms with Gasteiger partial charge in [0.2, 0.25) is 5.95 Å². The first-order chi connectivity index (χ1) is 11.0. The summed E-state index contributed by atoms with van der Waals surface area (Å²) in [6.07, 6.45) is 4.89. The molecule has 0 saturated heterocycles. The van der Waals surface area contributed by atoms with E-state index in [1.54, 1.807) is 6.20 Å². The van der Waals surface area contributed by atoms with Crippen LogP contribution in [0.15, 0.2) is 29.0 Å². The van der Waals surface area contributed by atoms with E-state index in [1.165, 1.54) is 0 Å². The van der Waals surface area contributed by atoms with Crippen LogP contribution in [0.25, 0.3) is 0 Å². The molecule has 0 bridgehead atoms. The standard InChI is InChI=1S/C17H22N4O2/c1-4-14(22)12-7-6-11(16(12)15(23)5-2)8-19-13-9-20-17(18)21-10(13)3/h7,9,19H,4-6,8H2,1-3H3,(H2,18,20,21). The van der Waals surface area contributed by atoms with Crippen molar-refractivity contribution < 1.29 is 9.59 Å². The van der Waals surface area contributed by atoms with E-state index in [9.17, 15) is 9.59 Å². The minimum absolute atomic E-state index is 0.0117. The number of nitrogens with two attached hydrogens (primary N) is 1. The van der Waals surface area contributed by atoms with Crippen molar-refractivity contribution in [3.8, 4) is 0 Å². The monoisotopic (exact) mass is 314 g/mol. The molecule has 1 aliphatic rings. The van der Waals surface area contributed by atoms with Crippen LogP contribution in [0.1, 0.15) is 38.8 Å². The molecular weight excluding hydrogens is 292 g/mol. The third kappa shape index (κ3) is 3.64. The highest BCUT2D eigenvalue weighted by Gasteiger charge is 2.26. The third-order valence-corrected chi connectivity index (χ3v) is 3.89. The molecule has 6 heteroatoms. The predicted octanol–water partition coefficient (Wildman–Crippen LogP) is 2.36. The lowest BCUT2D eigenvalue weighted by atomic mass is 9.96. The van der Waals surface area contributed by atoms with Crippen molar-refractivity contribution in [2.24, 2.45) is 0 Å². The first kappa shape index (κ1) is 16.9. The topological polar surface area (TPSA) is 98.0 Å². The van der Waals surface area contributed by atoms with E-state index in [-0.39, 0.29) is 17.5 Å². The summed E-state index contributed by atoms with van der Waals surface area (Å²) >= 11 is 0. The third-order valence-electron chi connectivity index (χ3n) is 3.89. The minimum atomic E-state index is 0.0117. The van der Waals surface area contributed by atoms with E-state index in [4.69, 9.17) is 5.73 Å². The zero-order chi connectivity index (χ0) is 17.0. The van der Waals surface area contributed by atoms with Gasteiger partial charge in [-0.15, -0.1) is 0 Å². The summed E-state index contributed by atoms with van der Waals surface area (Å²) in [6, 6.07) is 0. The van der Waals surface area contributed by atoms with Gasteiger partial charge in [-0.1, -0.05) is 19.9 Å². The fourth-order valence-corrected chi connectivity index (χ4v) is 2.61. The van der Waals surface area contributed by atoms with Crippen molar-refractivity contribution in [3.63, 3.8) is 0 Å². The normalized spacial score (nSPS) is 14.0. The van der Waals surface area contributed by atoms with Gasteiger partial charge < -0.3 is 11.1 Å². The Bertz CT molecular complexity index is 705. The van der Waals surface area contributed by atoms with Crippen LogP contribution < -0.4 is 11.1 Å². The Morgan fingerprint density at radius 1 is 1.26 bits per heavy atom. The van der Waals surface area contributed by atoms with Gasteiger partial charge in [-0.25, -0.2) is 9.97 Å². The lowest BCUT2D eigenvalue weighted by Crippen LogP contribution is -2.14. The average Bonchev–Trinajstić information content (AvgIpc) is 2.96. The van der Waals surface area contributed by atoms with Gasteiger partial charge in [0.15, 0.2) is 11.6 Å². The van der Waals surface area contributed by atoms with Gasteiger partial charge in [0.25, 0.3) is 0 Å². The van der Waals surface area contributed by atoms with E-state index >= 15 is 0 Å². The highest BCUT2D eigenvalue weighted by molar-refractivity contribution is 6.13. The first-order valence-electron chi connectivity index (χ1n) is 7.79. The highest BCUT2D eigenvalue weighted by Crippen LogP contribution is 2.29. The van der Waals surface area contributed by atoms with E-state index in [0.29, 0.717) is 37.0 Å². The van der Waals surface area contributed by atoms with Crippen molar-refractivity contribution in [1.29, 1.82) is 0 Å². The number of nitrogen functional groups attached to an aromatic ring is 1. The lowest BCUT2D eigenvalue weighted by molar-refractivity contribution is -0.118. The molecule has 2 rings (SSSR count). The van der Waals surface area contributed by atoms with Crippen molar-refractivity contribution in [2.45, 2.75) is 40.0 Å². The van der Waals surface area contributed by atoms with Crippen LogP contribution in [0.4, 0.5) is 11.6 Å². The molecule has 0 spiro atoms. The number of ketones is 2. The Hall–Kier alpha value is -2.50. The number of hydrogen-bond donors (Lipinski definition) is 2. The summed E-state index contributed by atoms with van der Waals surface area (Å²) in [5.41, 5.74) is 9.15. The largest absolute Gasteiger partial charge is 0.379 e. The van der Waals surface area contributed by atoms with Gasteiger partial charge >= 0.3 is 0 Å². The molecule has 1 heterocycles. The van der Waals surface area contributed by atoms with Crippen LogP contribution in [0.5, 0.6) is 0 Å². The fourth-order valence-electron chi connectivity index (χ4n) is 2.61. The number of rotatable bonds is 7. The smallest absolute Gasteiger partial charge is 0.220 e. The van der Waals surface area contributed by atoms with Crippen molar-refractivity contribution in [3.05, 3.63) is 34.7 Å². The molecule has 1 aromatic rings. The second-order valence-corrected chi connectivity index (χ2v) is 5.43. The molecule has 1 aliphatic carbocycles. The summed E-state index contributed by atoms with van der Waals surface area (Å²) in [5, 5.41) is 3.23. The maximum atomic E-state index is 12.3. The fraction of sp³-hybridized carbons (Fsp3) is 0.412. The molecule has 0 unspecified atom stereocenters. The number of carbonyl (C=O) groups is 2. The van der Waals surface area contributed by atoms with Gasteiger partial charge in [-0.05, 0) is 18.9 Å². The molecule has 6 nitrogen and oxygen atoms in total. The average molecular weight is 314 g/mol. The molecule has 0 fully saturated rings. The highest BCUT2D eigenvalue weighted by atomic mass is 16.1. The minimum Gasteiger partial charge on any atom is -0.379 e. The Labute approximate surface area is 135 Å². The molecule has 23 heavy (non-hydrogen) atoms. The molecule has 0 amide bonds. The van der Waals surface area contributed by atoms with Gasteiger partial charge in [0.1, 0.15) is 0 Å². The van der Waals surface area contributed by atoms with Crippen molar-refractivity contribution in [1.82, 2.24) is 9.97 Å². The number of aromatic nitrogens is 2. The SMILES string of the molecule is CCC(=O)C1=CCC(CNc2cnc(N)nc2C)=C1C(=O)CC. The van der Waals surface area contributed by atoms with Crippen molar-refractivity contribution in [2.75, 3.05) is 17.6 Å². The molecule has 0 atom stereocenters. The van der Waals surface area contributed by atoms with Crippen LogP contribution in [0.2, 0.25) is 0 Å². The van der Waals surface area contributed by atoms with E-state index in [2.05, 4.69) is 15.3 Å². The molecule has 0 aliphatic heterocycles. The van der Waals surface area contributed by atoms with E-state index < -0.39 is 0 Å². The number of anilines is 2. The van der Waals surface area contributed by atoms with Gasteiger partial charge in [-0.3, -0.25) is 9.59 Å². The van der Waals surface area contributed by atoms with Crippen LogP contribution in [-0.2, 0) is 9.59 Å². The summed E-state index contributed by atoms with van der Waals surface area (Å²) in [4.78, 5) is 32.4. The maximum absolute atomic E-state index is 12.3. The zero-order valence-electron chi connectivity index (χ0n) is 13.8. The predicted molar refractivity (Wildman–Crippen MR) is 90.0 cm³/mol. The van der Waals surface area contributed by atoms with E-state index in [1.807, 2.05) is 26.8 Å². The van der Waals surface area contributed by atoms with Crippen LogP contribution in [-0.4, -0.2) is 28.1 Å².